The van der Waals surface area contributed by atoms with Gasteiger partial charge in [-0.2, -0.15) is 0 Å². The molecule has 2 fully saturated rings. The van der Waals surface area contributed by atoms with E-state index in [1.807, 2.05) is 36.1 Å². The third-order valence-corrected chi connectivity index (χ3v) is 7.44. The van der Waals surface area contributed by atoms with Crippen LogP contribution in [0, 0.1) is 11.7 Å². The van der Waals surface area contributed by atoms with Gasteiger partial charge in [-0.15, -0.1) is 0 Å². The van der Waals surface area contributed by atoms with E-state index in [-0.39, 0.29) is 35.6 Å². The van der Waals surface area contributed by atoms with Crippen molar-refractivity contribution in [3.05, 3.63) is 64.4 Å². The molecule has 2 amide bonds. The monoisotopic (exact) mass is 471 g/mol. The highest BCUT2D eigenvalue weighted by Gasteiger charge is 2.46. The molecule has 3 heterocycles. The number of hydrogen-bond donors (Lipinski definition) is 1. The number of likely N-dealkylation sites (tertiary alicyclic amines) is 1. The molecule has 0 bridgehead atoms. The minimum Gasteiger partial charge on any atom is -0.410 e. The van der Waals surface area contributed by atoms with Crippen LogP contribution in [0.1, 0.15) is 42.9 Å². The van der Waals surface area contributed by atoms with Gasteiger partial charge in [-0.3, -0.25) is 9.69 Å². The Morgan fingerprint density at radius 1 is 1.12 bits per heavy atom. The van der Waals surface area contributed by atoms with Gasteiger partial charge >= 0.3 is 6.09 Å². The number of benzene rings is 2. The maximum absolute atomic E-state index is 14.0. The van der Waals surface area contributed by atoms with Gasteiger partial charge in [0.2, 0.25) is 5.91 Å². The Morgan fingerprint density at radius 3 is 2.58 bits per heavy atom. The van der Waals surface area contributed by atoms with Gasteiger partial charge in [-0.1, -0.05) is 23.7 Å². The van der Waals surface area contributed by atoms with Gasteiger partial charge in [-0.05, 0) is 68.8 Å². The summed E-state index contributed by atoms with van der Waals surface area (Å²) in [6.07, 6.45) is 1.17. The zero-order valence-corrected chi connectivity index (χ0v) is 19.2. The summed E-state index contributed by atoms with van der Waals surface area (Å²) in [6, 6.07) is 11.1. The number of nitrogens with one attached hydrogen (secondary N) is 1. The Bertz CT molecular complexity index is 1060. The summed E-state index contributed by atoms with van der Waals surface area (Å²) < 4.78 is 19.6. The number of carbonyl (C=O) groups is 2. The number of halogens is 2. The maximum atomic E-state index is 14.0. The first kappa shape index (κ1) is 22.2. The van der Waals surface area contributed by atoms with Crippen molar-refractivity contribution in [3.8, 4) is 5.75 Å². The first-order valence-corrected chi connectivity index (χ1v) is 11.8. The highest BCUT2D eigenvalue weighted by molar-refractivity contribution is 6.30. The van der Waals surface area contributed by atoms with Crippen molar-refractivity contribution in [2.75, 3.05) is 26.2 Å². The lowest BCUT2D eigenvalue weighted by Crippen LogP contribution is -2.49. The van der Waals surface area contributed by atoms with E-state index >= 15 is 0 Å². The zero-order valence-electron chi connectivity index (χ0n) is 18.5. The predicted molar refractivity (Wildman–Crippen MR) is 123 cm³/mol. The van der Waals surface area contributed by atoms with E-state index in [1.54, 1.807) is 4.90 Å². The highest BCUT2D eigenvalue weighted by atomic mass is 35.5. The lowest BCUT2D eigenvalue weighted by molar-refractivity contribution is -0.135. The number of rotatable bonds is 3. The third kappa shape index (κ3) is 4.20. The Labute approximate surface area is 197 Å². The number of amides is 2. The van der Waals surface area contributed by atoms with Gasteiger partial charge in [-0.25, -0.2) is 9.18 Å². The average molecular weight is 472 g/mol. The maximum Gasteiger partial charge on any atom is 0.416 e. The average Bonchev–Trinajstić information content (AvgIpc) is 3.25. The second-order valence-corrected chi connectivity index (χ2v) is 9.56. The van der Waals surface area contributed by atoms with Crippen LogP contribution in [-0.4, -0.2) is 54.0 Å². The molecule has 2 aromatic carbocycles. The number of fused-ring (bicyclic) bond motifs is 1. The largest absolute Gasteiger partial charge is 0.416 e. The quantitative estimate of drug-likeness (QED) is 0.723. The van der Waals surface area contributed by atoms with E-state index in [4.69, 9.17) is 16.3 Å². The fourth-order valence-corrected chi connectivity index (χ4v) is 5.56. The minimum absolute atomic E-state index is 0.00331. The molecule has 1 N–H and O–H groups in total. The van der Waals surface area contributed by atoms with Crippen molar-refractivity contribution < 1.29 is 18.7 Å². The molecule has 0 aliphatic carbocycles. The number of nitrogens with zero attached hydrogens (tertiary/aromatic N) is 2. The minimum atomic E-state index is -0.471. The topological polar surface area (TPSA) is 61.9 Å². The molecule has 0 saturated carbocycles. The van der Waals surface area contributed by atoms with E-state index in [0.717, 1.165) is 31.5 Å². The smallest absolute Gasteiger partial charge is 0.410 e. The molecule has 0 spiro atoms. The van der Waals surface area contributed by atoms with Crippen LogP contribution >= 0.6 is 11.6 Å². The Balaban J connectivity index is 1.48. The van der Waals surface area contributed by atoms with Crippen molar-refractivity contribution in [2.24, 2.45) is 5.92 Å². The Morgan fingerprint density at radius 2 is 1.85 bits per heavy atom. The molecule has 2 saturated heterocycles. The van der Waals surface area contributed by atoms with E-state index in [2.05, 4.69) is 5.32 Å². The lowest BCUT2D eigenvalue weighted by atomic mass is 9.91. The van der Waals surface area contributed by atoms with E-state index in [0.29, 0.717) is 29.4 Å². The summed E-state index contributed by atoms with van der Waals surface area (Å²) in [6.45, 7) is 4.49. The summed E-state index contributed by atoms with van der Waals surface area (Å²) in [4.78, 5) is 30.1. The summed E-state index contributed by atoms with van der Waals surface area (Å²) in [5, 5.41) is 3.93. The van der Waals surface area contributed by atoms with Crippen LogP contribution in [0.3, 0.4) is 0 Å². The standard InChI is InChI=1S/C25H27ClFN3O3/c1-15-20-12-19(27)6-7-23(20)33-25(32)30(15)22-14-29(24(31)17-8-10-28-11-9-17)13-21(22)16-2-4-18(26)5-3-16/h2-7,12,15,17,21-22,28H,8-11,13-14H2,1H3/t15?,21-,22+/m0/s1. The fourth-order valence-electron chi connectivity index (χ4n) is 5.43. The van der Waals surface area contributed by atoms with Crippen molar-refractivity contribution in [1.82, 2.24) is 15.1 Å². The van der Waals surface area contributed by atoms with Gasteiger partial charge < -0.3 is 15.0 Å². The highest BCUT2D eigenvalue weighted by Crippen LogP contribution is 2.42. The molecule has 3 aliphatic heterocycles. The normalized spacial score (nSPS) is 25.7. The van der Waals surface area contributed by atoms with Gasteiger partial charge in [0.05, 0.1) is 12.1 Å². The molecule has 3 atom stereocenters. The molecule has 33 heavy (non-hydrogen) atoms. The van der Waals surface area contributed by atoms with Crippen LogP contribution in [0.2, 0.25) is 5.02 Å². The summed E-state index contributed by atoms with van der Waals surface area (Å²) in [5.74, 6) is 0.0487. The van der Waals surface area contributed by atoms with E-state index < -0.39 is 6.09 Å². The van der Waals surface area contributed by atoms with Crippen molar-refractivity contribution >= 4 is 23.6 Å². The first-order chi connectivity index (χ1) is 15.9. The van der Waals surface area contributed by atoms with Crippen LogP contribution in [-0.2, 0) is 4.79 Å². The lowest BCUT2D eigenvalue weighted by Gasteiger charge is -2.40. The van der Waals surface area contributed by atoms with Crippen LogP contribution in [0.4, 0.5) is 9.18 Å². The first-order valence-electron chi connectivity index (χ1n) is 11.5. The van der Waals surface area contributed by atoms with Gasteiger partial charge in [0.25, 0.3) is 0 Å². The van der Waals surface area contributed by atoms with E-state index in [9.17, 15) is 14.0 Å². The second-order valence-electron chi connectivity index (χ2n) is 9.13. The van der Waals surface area contributed by atoms with Crippen LogP contribution in [0.25, 0.3) is 0 Å². The molecule has 0 radical (unpaired) electrons. The molecule has 0 aromatic heterocycles. The Hall–Kier alpha value is -2.64. The zero-order chi connectivity index (χ0) is 23.1. The molecule has 2 aromatic rings. The van der Waals surface area contributed by atoms with Crippen LogP contribution < -0.4 is 10.1 Å². The molecular formula is C25H27ClFN3O3. The number of carbonyl (C=O) groups excluding carboxylic acids is 2. The predicted octanol–water partition coefficient (Wildman–Crippen LogP) is 4.35. The fraction of sp³-hybridized carbons (Fsp3) is 0.440. The number of piperidine rings is 1. The summed E-state index contributed by atoms with van der Waals surface area (Å²) >= 11 is 6.11. The summed E-state index contributed by atoms with van der Waals surface area (Å²) in [7, 11) is 0. The molecule has 174 valence electrons. The van der Waals surface area contributed by atoms with Crippen LogP contribution in [0.5, 0.6) is 5.75 Å². The van der Waals surface area contributed by atoms with E-state index in [1.165, 1.54) is 18.2 Å². The van der Waals surface area contributed by atoms with Crippen molar-refractivity contribution in [1.29, 1.82) is 0 Å². The molecule has 5 rings (SSSR count). The SMILES string of the molecule is CC1c2cc(F)ccc2OC(=O)N1[C@@H]1CN(C(=O)C2CCNCC2)C[C@H]1c1ccc(Cl)cc1. The number of hydrogen-bond acceptors (Lipinski definition) is 4. The third-order valence-electron chi connectivity index (χ3n) is 7.19. The van der Waals surface area contributed by atoms with Crippen molar-refractivity contribution in [3.63, 3.8) is 0 Å². The molecule has 3 aliphatic rings. The van der Waals surface area contributed by atoms with Crippen LogP contribution in [0.15, 0.2) is 42.5 Å². The number of ether oxygens (including phenoxy) is 1. The second kappa shape index (κ2) is 8.95. The van der Waals surface area contributed by atoms with Gasteiger partial charge in [0.1, 0.15) is 11.6 Å². The van der Waals surface area contributed by atoms with Gasteiger partial charge in [0.15, 0.2) is 0 Å². The van der Waals surface area contributed by atoms with Gasteiger partial charge in [0, 0.05) is 35.5 Å². The molecule has 8 heteroatoms. The van der Waals surface area contributed by atoms with Crippen molar-refractivity contribution in [2.45, 2.75) is 37.8 Å². The molecule has 1 unspecified atom stereocenters. The molecule has 6 nitrogen and oxygen atoms in total. The summed E-state index contributed by atoms with van der Waals surface area (Å²) in [5.41, 5.74) is 1.64. The Kier molecular flexibility index (Phi) is 6.01. The molecular weight excluding hydrogens is 445 g/mol.